The Hall–Kier alpha value is -3.20. The fraction of sp³-hybridized carbons (Fsp3) is 0.111. The third-order valence-corrected chi connectivity index (χ3v) is 4.10. The number of carbonyl (C=O) groups is 2. The van der Waals surface area contributed by atoms with E-state index in [9.17, 15) is 14.4 Å². The first-order valence-electron chi connectivity index (χ1n) is 8.04. The van der Waals surface area contributed by atoms with E-state index < -0.39 is 5.91 Å². The highest BCUT2D eigenvalue weighted by atomic mass is 79.9. The van der Waals surface area contributed by atoms with Crippen LogP contribution in [0.1, 0.15) is 0 Å². The molecule has 0 saturated carbocycles. The maximum atomic E-state index is 12.0. The smallest absolute Gasteiger partial charge is 0.251 e. The van der Waals surface area contributed by atoms with Crippen LogP contribution >= 0.6 is 15.9 Å². The van der Waals surface area contributed by atoms with Crippen molar-refractivity contribution in [2.75, 3.05) is 11.9 Å². The average molecular weight is 430 g/mol. The lowest BCUT2D eigenvalue weighted by Crippen LogP contribution is -2.36. The van der Waals surface area contributed by atoms with E-state index in [1.54, 1.807) is 29.1 Å². The molecule has 138 valence electrons. The molecule has 3 aromatic rings. The number of anilines is 1. The second kappa shape index (κ2) is 8.45. The van der Waals surface area contributed by atoms with Crippen LogP contribution in [0.3, 0.4) is 0 Å². The van der Waals surface area contributed by atoms with Gasteiger partial charge >= 0.3 is 0 Å². The molecule has 0 fully saturated rings. The van der Waals surface area contributed by atoms with Gasteiger partial charge in [-0.1, -0.05) is 0 Å². The van der Waals surface area contributed by atoms with E-state index in [2.05, 4.69) is 31.7 Å². The third kappa shape index (κ3) is 5.14. The summed E-state index contributed by atoms with van der Waals surface area (Å²) in [5.74, 6) is -0.795. The minimum Gasteiger partial charge on any atom is -0.345 e. The quantitative estimate of drug-likeness (QED) is 0.620. The van der Waals surface area contributed by atoms with Crippen molar-refractivity contribution in [2.24, 2.45) is 0 Å². The van der Waals surface area contributed by atoms with Gasteiger partial charge in [-0.2, -0.15) is 5.10 Å². The van der Waals surface area contributed by atoms with Crippen molar-refractivity contribution in [2.45, 2.75) is 6.54 Å². The van der Waals surface area contributed by atoms with Gasteiger partial charge in [0.2, 0.25) is 11.8 Å². The van der Waals surface area contributed by atoms with E-state index in [1.807, 2.05) is 24.4 Å². The number of hydrogen-bond acceptors (Lipinski definition) is 4. The maximum absolute atomic E-state index is 12.0. The summed E-state index contributed by atoms with van der Waals surface area (Å²) in [6.45, 7) is -0.355. The van der Waals surface area contributed by atoms with Crippen LogP contribution in [0.4, 0.5) is 5.69 Å². The molecule has 0 radical (unpaired) electrons. The second-order valence-corrected chi connectivity index (χ2v) is 6.55. The molecular weight excluding hydrogens is 414 g/mol. The van der Waals surface area contributed by atoms with Gasteiger partial charge in [-0.05, 0) is 52.3 Å². The number of nitrogens with zero attached hydrogens (tertiary/aromatic N) is 3. The highest BCUT2D eigenvalue weighted by Gasteiger charge is 2.08. The monoisotopic (exact) mass is 429 g/mol. The second-order valence-electron chi connectivity index (χ2n) is 5.64. The molecule has 2 heterocycles. The minimum atomic E-state index is -0.431. The number of halogens is 1. The Morgan fingerprint density at radius 1 is 1.07 bits per heavy atom. The molecule has 9 heteroatoms. The van der Waals surface area contributed by atoms with Gasteiger partial charge in [0, 0.05) is 34.8 Å². The maximum Gasteiger partial charge on any atom is 0.251 e. The molecule has 0 bridgehead atoms. The molecule has 2 amide bonds. The molecule has 27 heavy (non-hydrogen) atoms. The number of aromatic nitrogens is 3. The SMILES string of the molecule is O=C(Cn1cc(Br)ccc1=O)NCC(=O)Nc1ccc(-n2cccn2)cc1. The largest absolute Gasteiger partial charge is 0.345 e. The van der Waals surface area contributed by atoms with Gasteiger partial charge in [0.15, 0.2) is 0 Å². The molecule has 0 aliphatic heterocycles. The van der Waals surface area contributed by atoms with E-state index in [-0.39, 0.29) is 24.6 Å². The lowest BCUT2D eigenvalue weighted by Gasteiger charge is -2.09. The molecule has 2 N–H and O–H groups in total. The normalized spacial score (nSPS) is 10.4. The molecule has 2 aromatic heterocycles. The van der Waals surface area contributed by atoms with Gasteiger partial charge in [-0.25, -0.2) is 4.68 Å². The number of hydrogen-bond donors (Lipinski definition) is 2. The Bertz CT molecular complexity index is 997. The highest BCUT2D eigenvalue weighted by molar-refractivity contribution is 9.10. The summed E-state index contributed by atoms with van der Waals surface area (Å²) in [6.07, 6.45) is 5.02. The van der Waals surface area contributed by atoms with Crippen molar-refractivity contribution in [1.82, 2.24) is 19.7 Å². The van der Waals surface area contributed by atoms with Crippen LogP contribution in [0.25, 0.3) is 5.69 Å². The number of amides is 2. The first-order valence-corrected chi connectivity index (χ1v) is 8.83. The predicted octanol–water partition coefficient (Wildman–Crippen LogP) is 1.55. The van der Waals surface area contributed by atoms with Gasteiger partial charge in [0.05, 0.1) is 12.2 Å². The van der Waals surface area contributed by atoms with Crippen molar-refractivity contribution in [3.63, 3.8) is 0 Å². The zero-order valence-electron chi connectivity index (χ0n) is 14.1. The van der Waals surface area contributed by atoms with E-state index in [0.717, 1.165) is 5.69 Å². The van der Waals surface area contributed by atoms with Crippen molar-refractivity contribution in [1.29, 1.82) is 0 Å². The first-order chi connectivity index (χ1) is 13.0. The Labute approximate surface area is 162 Å². The Morgan fingerprint density at radius 2 is 1.85 bits per heavy atom. The summed E-state index contributed by atoms with van der Waals surface area (Å²) in [4.78, 5) is 35.6. The van der Waals surface area contributed by atoms with Crippen LogP contribution in [0, 0.1) is 0 Å². The minimum absolute atomic E-state index is 0.163. The van der Waals surface area contributed by atoms with Crippen LogP contribution in [-0.4, -0.2) is 32.7 Å². The Balaban J connectivity index is 1.50. The lowest BCUT2D eigenvalue weighted by atomic mass is 10.3. The third-order valence-electron chi connectivity index (χ3n) is 3.63. The van der Waals surface area contributed by atoms with Crippen LogP contribution < -0.4 is 16.2 Å². The first kappa shape index (κ1) is 18.6. The molecule has 0 saturated heterocycles. The summed E-state index contributed by atoms with van der Waals surface area (Å²) in [5.41, 5.74) is 1.18. The van der Waals surface area contributed by atoms with Gasteiger partial charge < -0.3 is 15.2 Å². The molecule has 8 nitrogen and oxygen atoms in total. The zero-order chi connectivity index (χ0) is 19.2. The van der Waals surface area contributed by atoms with Crippen LogP contribution in [0.15, 0.2) is 70.3 Å². The molecule has 1 aromatic carbocycles. The van der Waals surface area contributed by atoms with E-state index in [0.29, 0.717) is 10.2 Å². The number of nitrogens with one attached hydrogen (secondary N) is 2. The number of carbonyl (C=O) groups excluding carboxylic acids is 2. The van der Waals surface area contributed by atoms with Gasteiger partial charge in [0.25, 0.3) is 5.56 Å². The van der Waals surface area contributed by atoms with Crippen LogP contribution in [0.2, 0.25) is 0 Å². The standard InChI is InChI=1S/C18H16BrN5O3/c19-13-2-7-18(27)23(11-13)12-17(26)20-10-16(25)22-14-3-5-15(6-4-14)24-9-1-8-21-24/h1-9,11H,10,12H2,(H,20,26)(H,22,25). The molecule has 3 rings (SSSR count). The van der Waals surface area contributed by atoms with Gasteiger partial charge in [-0.3, -0.25) is 14.4 Å². The highest BCUT2D eigenvalue weighted by Crippen LogP contribution is 2.12. The summed E-state index contributed by atoms with van der Waals surface area (Å²) >= 11 is 3.24. The summed E-state index contributed by atoms with van der Waals surface area (Å²) < 4.78 is 3.65. The molecular formula is C18H16BrN5O3. The summed E-state index contributed by atoms with van der Waals surface area (Å²) in [5, 5.41) is 9.31. The number of pyridine rings is 1. The van der Waals surface area contributed by atoms with E-state index >= 15 is 0 Å². The Morgan fingerprint density at radius 3 is 2.56 bits per heavy atom. The predicted molar refractivity (Wildman–Crippen MR) is 104 cm³/mol. The summed E-state index contributed by atoms with van der Waals surface area (Å²) in [6, 6.07) is 11.9. The van der Waals surface area contributed by atoms with E-state index in [1.165, 1.54) is 16.8 Å². The van der Waals surface area contributed by atoms with Crippen molar-refractivity contribution >= 4 is 33.4 Å². The molecule has 0 aliphatic rings. The fourth-order valence-electron chi connectivity index (χ4n) is 2.34. The zero-order valence-corrected chi connectivity index (χ0v) is 15.7. The topological polar surface area (TPSA) is 98.0 Å². The average Bonchev–Trinajstić information content (AvgIpc) is 3.18. The Kier molecular flexibility index (Phi) is 5.82. The molecule has 0 unspecified atom stereocenters. The van der Waals surface area contributed by atoms with Crippen molar-refractivity contribution in [3.05, 3.63) is 75.9 Å². The lowest BCUT2D eigenvalue weighted by molar-refractivity contribution is -0.124. The fourth-order valence-corrected chi connectivity index (χ4v) is 2.72. The van der Waals surface area contributed by atoms with Gasteiger partial charge in [0.1, 0.15) is 6.54 Å². The van der Waals surface area contributed by atoms with Crippen molar-refractivity contribution < 1.29 is 9.59 Å². The van der Waals surface area contributed by atoms with E-state index in [4.69, 9.17) is 0 Å². The summed E-state index contributed by atoms with van der Waals surface area (Å²) in [7, 11) is 0. The van der Waals surface area contributed by atoms with Crippen LogP contribution in [-0.2, 0) is 16.1 Å². The molecule has 0 spiro atoms. The number of rotatable bonds is 6. The van der Waals surface area contributed by atoms with Gasteiger partial charge in [-0.15, -0.1) is 0 Å². The van der Waals surface area contributed by atoms with Crippen molar-refractivity contribution in [3.8, 4) is 5.69 Å². The molecule has 0 atom stereocenters. The van der Waals surface area contributed by atoms with Crippen LogP contribution in [0.5, 0.6) is 0 Å². The number of benzene rings is 1. The molecule has 0 aliphatic carbocycles.